The highest BCUT2D eigenvalue weighted by Gasteiger charge is 2.14. The second-order valence-corrected chi connectivity index (χ2v) is 3.99. The van der Waals surface area contributed by atoms with Crippen LogP contribution in [0.4, 0.5) is 15.9 Å². The van der Waals surface area contributed by atoms with Gasteiger partial charge in [-0.05, 0) is 24.6 Å². The van der Waals surface area contributed by atoms with Gasteiger partial charge in [0.15, 0.2) is 0 Å². The van der Waals surface area contributed by atoms with Crippen LogP contribution in [0.2, 0.25) is 0 Å². The Kier molecular flexibility index (Phi) is 3.01. The van der Waals surface area contributed by atoms with E-state index in [0.29, 0.717) is 11.3 Å². The molecule has 1 amide bonds. The first kappa shape index (κ1) is 12.1. The summed E-state index contributed by atoms with van der Waals surface area (Å²) in [7, 11) is 1.64. The Bertz CT molecular complexity index is 606. The second-order valence-electron chi connectivity index (χ2n) is 3.99. The van der Waals surface area contributed by atoms with Crippen molar-refractivity contribution in [3.63, 3.8) is 0 Å². The molecule has 0 atom stereocenters. The first-order valence-electron chi connectivity index (χ1n) is 5.34. The summed E-state index contributed by atoms with van der Waals surface area (Å²) in [5, 5.41) is 6.44. The predicted octanol–water partition coefficient (Wildman–Crippen LogP) is 1.70. The highest BCUT2D eigenvalue weighted by atomic mass is 19.1. The molecule has 1 aromatic heterocycles. The fraction of sp³-hybridized carbons (Fsp3) is 0.167. The van der Waals surface area contributed by atoms with Crippen molar-refractivity contribution >= 4 is 17.4 Å². The minimum Gasteiger partial charge on any atom is -0.383 e. The molecule has 0 unspecified atom stereocenters. The molecule has 0 aliphatic heterocycles. The number of hydrogen-bond donors (Lipinski definition) is 2. The average Bonchev–Trinajstić information content (AvgIpc) is 2.65. The number of aromatic nitrogens is 2. The molecule has 6 heteroatoms. The van der Waals surface area contributed by atoms with Crippen LogP contribution in [0.1, 0.15) is 15.9 Å². The van der Waals surface area contributed by atoms with Crippen LogP contribution in [0, 0.1) is 12.7 Å². The number of nitrogens with two attached hydrogens (primary N) is 1. The van der Waals surface area contributed by atoms with Gasteiger partial charge in [0.2, 0.25) is 0 Å². The Morgan fingerprint density at radius 3 is 2.78 bits per heavy atom. The molecular weight excluding hydrogens is 235 g/mol. The molecular formula is C12H13FN4O. The maximum atomic E-state index is 13.3. The highest BCUT2D eigenvalue weighted by Crippen LogP contribution is 2.16. The van der Waals surface area contributed by atoms with Gasteiger partial charge in [0.1, 0.15) is 17.2 Å². The summed E-state index contributed by atoms with van der Waals surface area (Å²) in [5.41, 5.74) is 6.84. The highest BCUT2D eigenvalue weighted by molar-refractivity contribution is 6.07. The number of nitrogens with one attached hydrogen (secondary N) is 1. The van der Waals surface area contributed by atoms with E-state index in [0.717, 1.165) is 0 Å². The van der Waals surface area contributed by atoms with E-state index in [-0.39, 0.29) is 17.2 Å². The number of nitrogens with zero attached hydrogens (tertiary/aromatic N) is 2. The van der Waals surface area contributed by atoms with E-state index in [1.54, 1.807) is 26.1 Å². The third-order valence-electron chi connectivity index (χ3n) is 2.66. The molecule has 18 heavy (non-hydrogen) atoms. The number of anilines is 2. The number of carbonyl (C=O) groups is 1. The molecule has 5 nitrogen and oxygen atoms in total. The molecule has 1 heterocycles. The maximum absolute atomic E-state index is 13.3. The normalized spacial score (nSPS) is 10.4. The molecule has 0 saturated heterocycles. The molecule has 0 aliphatic rings. The van der Waals surface area contributed by atoms with Gasteiger partial charge < -0.3 is 11.1 Å². The van der Waals surface area contributed by atoms with E-state index < -0.39 is 5.91 Å². The van der Waals surface area contributed by atoms with Gasteiger partial charge in [0.05, 0.1) is 6.20 Å². The van der Waals surface area contributed by atoms with Gasteiger partial charge in [-0.2, -0.15) is 5.10 Å². The van der Waals surface area contributed by atoms with Crippen LogP contribution < -0.4 is 11.1 Å². The van der Waals surface area contributed by atoms with Crippen molar-refractivity contribution in [2.24, 2.45) is 7.05 Å². The lowest BCUT2D eigenvalue weighted by atomic mass is 10.2. The zero-order valence-corrected chi connectivity index (χ0v) is 10.1. The van der Waals surface area contributed by atoms with Gasteiger partial charge in [0.25, 0.3) is 5.91 Å². The number of benzene rings is 1. The summed E-state index contributed by atoms with van der Waals surface area (Å²) >= 11 is 0. The molecule has 0 bridgehead atoms. The van der Waals surface area contributed by atoms with Crippen molar-refractivity contribution in [3.05, 3.63) is 41.3 Å². The van der Waals surface area contributed by atoms with Crippen molar-refractivity contribution in [2.75, 3.05) is 11.1 Å². The summed E-state index contributed by atoms with van der Waals surface area (Å²) in [5.74, 6) is -0.518. The van der Waals surface area contributed by atoms with Crippen molar-refractivity contribution in [1.29, 1.82) is 0 Å². The van der Waals surface area contributed by atoms with Gasteiger partial charge >= 0.3 is 0 Å². The monoisotopic (exact) mass is 248 g/mol. The Balaban J connectivity index is 2.21. The van der Waals surface area contributed by atoms with E-state index in [4.69, 9.17) is 5.73 Å². The van der Waals surface area contributed by atoms with Crippen LogP contribution in [-0.2, 0) is 7.05 Å². The van der Waals surface area contributed by atoms with Gasteiger partial charge in [0, 0.05) is 12.7 Å². The lowest BCUT2D eigenvalue weighted by Gasteiger charge is -2.05. The molecule has 0 saturated carbocycles. The molecule has 1 aromatic carbocycles. The molecule has 0 radical (unpaired) electrons. The van der Waals surface area contributed by atoms with Crippen LogP contribution in [0.3, 0.4) is 0 Å². The SMILES string of the molecule is Cc1ccc(NC(=O)c2cnn(C)c2N)cc1F. The van der Waals surface area contributed by atoms with Gasteiger partial charge in [-0.1, -0.05) is 6.07 Å². The number of amides is 1. The molecule has 3 N–H and O–H groups in total. The van der Waals surface area contributed by atoms with Crippen LogP contribution in [0.25, 0.3) is 0 Å². The van der Waals surface area contributed by atoms with Gasteiger partial charge in [-0.15, -0.1) is 0 Å². The number of carbonyl (C=O) groups excluding carboxylic acids is 1. The van der Waals surface area contributed by atoms with Crippen LogP contribution in [0.5, 0.6) is 0 Å². The first-order valence-corrected chi connectivity index (χ1v) is 5.34. The number of nitrogen functional groups attached to an aromatic ring is 1. The molecule has 2 aromatic rings. The van der Waals surface area contributed by atoms with Crippen LogP contribution in [-0.4, -0.2) is 15.7 Å². The molecule has 0 fully saturated rings. The van der Waals surface area contributed by atoms with E-state index in [2.05, 4.69) is 10.4 Å². The van der Waals surface area contributed by atoms with Crippen molar-refractivity contribution in [3.8, 4) is 0 Å². The lowest BCUT2D eigenvalue weighted by Crippen LogP contribution is -2.14. The summed E-state index contributed by atoms with van der Waals surface area (Å²) in [6.45, 7) is 1.65. The third-order valence-corrected chi connectivity index (χ3v) is 2.66. The van der Waals surface area contributed by atoms with E-state index >= 15 is 0 Å². The zero-order chi connectivity index (χ0) is 13.3. The Labute approximate surface area is 103 Å². The number of hydrogen-bond acceptors (Lipinski definition) is 3. The largest absolute Gasteiger partial charge is 0.383 e. The topological polar surface area (TPSA) is 72.9 Å². The molecule has 0 aliphatic carbocycles. The third kappa shape index (κ3) is 2.17. The fourth-order valence-corrected chi connectivity index (χ4v) is 1.49. The van der Waals surface area contributed by atoms with Gasteiger partial charge in [-0.25, -0.2) is 4.39 Å². The van der Waals surface area contributed by atoms with Crippen molar-refractivity contribution in [1.82, 2.24) is 9.78 Å². The Hall–Kier alpha value is -2.37. The second kappa shape index (κ2) is 4.48. The number of rotatable bonds is 2. The lowest BCUT2D eigenvalue weighted by molar-refractivity contribution is 0.102. The summed E-state index contributed by atoms with van der Waals surface area (Å²) in [4.78, 5) is 11.9. The Morgan fingerprint density at radius 1 is 1.50 bits per heavy atom. The molecule has 94 valence electrons. The number of aryl methyl sites for hydroxylation is 2. The van der Waals surface area contributed by atoms with E-state index in [1.807, 2.05) is 0 Å². The smallest absolute Gasteiger partial charge is 0.261 e. The Morgan fingerprint density at radius 2 is 2.22 bits per heavy atom. The minimum absolute atomic E-state index is 0.262. The summed E-state index contributed by atoms with van der Waals surface area (Å²) < 4.78 is 14.7. The fourth-order valence-electron chi connectivity index (χ4n) is 1.49. The standard InChI is InChI=1S/C12H13FN4O/c1-7-3-4-8(5-10(7)13)16-12(18)9-6-15-17(2)11(9)14/h3-6H,14H2,1-2H3,(H,16,18). The molecule has 2 rings (SSSR count). The van der Waals surface area contributed by atoms with Gasteiger partial charge in [-0.3, -0.25) is 9.48 Å². The first-order chi connectivity index (χ1) is 8.49. The van der Waals surface area contributed by atoms with Crippen LogP contribution in [0.15, 0.2) is 24.4 Å². The van der Waals surface area contributed by atoms with E-state index in [9.17, 15) is 9.18 Å². The molecule has 0 spiro atoms. The van der Waals surface area contributed by atoms with Crippen molar-refractivity contribution < 1.29 is 9.18 Å². The summed E-state index contributed by atoms with van der Waals surface area (Å²) in [6.07, 6.45) is 1.37. The average molecular weight is 248 g/mol. The zero-order valence-electron chi connectivity index (χ0n) is 10.1. The maximum Gasteiger partial charge on any atom is 0.261 e. The minimum atomic E-state index is -0.413. The predicted molar refractivity (Wildman–Crippen MR) is 66.7 cm³/mol. The number of halogens is 1. The van der Waals surface area contributed by atoms with Crippen molar-refractivity contribution in [2.45, 2.75) is 6.92 Å². The quantitative estimate of drug-likeness (QED) is 0.849. The summed E-state index contributed by atoms with van der Waals surface area (Å²) in [6, 6.07) is 4.49. The van der Waals surface area contributed by atoms with E-state index in [1.165, 1.54) is 16.9 Å². The van der Waals surface area contributed by atoms with Crippen LogP contribution >= 0.6 is 0 Å².